The van der Waals surface area contributed by atoms with E-state index in [0.29, 0.717) is 42.5 Å². The van der Waals surface area contributed by atoms with Crippen molar-refractivity contribution in [2.75, 3.05) is 6.61 Å². The number of nitrogens with one attached hydrogen (secondary N) is 1. The molecular formula is C30H33F2N5O4. The van der Waals surface area contributed by atoms with Crippen molar-refractivity contribution < 1.29 is 27.8 Å². The Labute approximate surface area is 236 Å². The number of imidazole rings is 1. The van der Waals surface area contributed by atoms with Gasteiger partial charge >= 0.3 is 6.09 Å². The Kier molecular flexibility index (Phi) is 6.93. The Balaban J connectivity index is 1.32. The summed E-state index contributed by atoms with van der Waals surface area (Å²) in [6.45, 7) is 8.61. The fraction of sp³-hybridized carbons (Fsp3) is 0.433. The number of amides is 1. The van der Waals surface area contributed by atoms with Crippen LogP contribution in [0.2, 0.25) is 0 Å². The monoisotopic (exact) mass is 565 g/mol. The summed E-state index contributed by atoms with van der Waals surface area (Å²) in [4.78, 5) is 22.4. The van der Waals surface area contributed by atoms with Gasteiger partial charge in [-0.15, -0.1) is 0 Å². The number of ether oxygens (including phenoxy) is 3. The lowest BCUT2D eigenvalue weighted by Crippen LogP contribution is -2.33. The predicted molar refractivity (Wildman–Crippen MR) is 147 cm³/mol. The maximum atomic E-state index is 13.8. The highest BCUT2D eigenvalue weighted by Crippen LogP contribution is 2.36. The summed E-state index contributed by atoms with van der Waals surface area (Å²) in [5.41, 5.74) is 2.89. The van der Waals surface area contributed by atoms with Gasteiger partial charge in [0.05, 0.1) is 30.0 Å². The first kappa shape index (κ1) is 27.2. The van der Waals surface area contributed by atoms with Gasteiger partial charge in [0.1, 0.15) is 34.8 Å². The summed E-state index contributed by atoms with van der Waals surface area (Å²) in [5.74, 6) is -0.206. The molecule has 1 fully saturated rings. The molecule has 2 atom stereocenters. The van der Waals surface area contributed by atoms with E-state index in [9.17, 15) is 13.6 Å². The minimum atomic E-state index is -0.655. The molecular weight excluding hydrogens is 532 g/mol. The topological polar surface area (TPSA) is 94.5 Å². The molecule has 4 heterocycles. The van der Waals surface area contributed by atoms with Crippen molar-refractivity contribution in [1.29, 1.82) is 0 Å². The Hall–Kier alpha value is -3.99. The number of carbonyl (C=O) groups is 1. The zero-order valence-corrected chi connectivity index (χ0v) is 23.5. The molecule has 11 heteroatoms. The molecule has 2 aliphatic heterocycles. The maximum absolute atomic E-state index is 13.8. The Morgan fingerprint density at radius 3 is 2.59 bits per heavy atom. The van der Waals surface area contributed by atoms with Crippen LogP contribution in [0.25, 0.3) is 22.4 Å². The van der Waals surface area contributed by atoms with Crippen LogP contribution in [0.15, 0.2) is 36.4 Å². The molecule has 2 aliphatic rings. The van der Waals surface area contributed by atoms with E-state index in [4.69, 9.17) is 24.3 Å². The second-order valence-electron chi connectivity index (χ2n) is 11.6. The highest BCUT2D eigenvalue weighted by atomic mass is 19.1. The van der Waals surface area contributed by atoms with E-state index in [1.165, 1.54) is 12.1 Å². The third kappa shape index (κ3) is 5.63. The van der Waals surface area contributed by atoms with Gasteiger partial charge in [-0.2, -0.15) is 5.10 Å². The number of nitrogens with zero attached hydrogens (tertiary/aromatic N) is 4. The molecule has 9 nitrogen and oxygen atoms in total. The first-order valence-electron chi connectivity index (χ1n) is 13.9. The molecule has 41 heavy (non-hydrogen) atoms. The maximum Gasteiger partial charge on any atom is 0.410 e. The Morgan fingerprint density at radius 1 is 1.12 bits per heavy atom. The largest absolute Gasteiger partial charge is 0.486 e. The summed E-state index contributed by atoms with van der Waals surface area (Å²) in [5, 5.41) is 5.74. The van der Waals surface area contributed by atoms with Gasteiger partial charge in [-0.1, -0.05) is 0 Å². The van der Waals surface area contributed by atoms with E-state index in [-0.39, 0.29) is 12.3 Å². The molecule has 1 amide bonds. The van der Waals surface area contributed by atoms with Gasteiger partial charge < -0.3 is 19.2 Å². The van der Waals surface area contributed by atoms with Crippen LogP contribution in [0, 0.1) is 11.6 Å². The normalized spacial score (nSPS) is 18.0. The van der Waals surface area contributed by atoms with Gasteiger partial charge in [0, 0.05) is 18.1 Å². The number of benzene rings is 2. The molecule has 1 saturated heterocycles. The molecule has 6 rings (SSSR count). The Morgan fingerprint density at radius 2 is 1.90 bits per heavy atom. The highest BCUT2D eigenvalue weighted by Gasteiger charge is 2.32. The fourth-order valence-corrected chi connectivity index (χ4v) is 5.29. The number of hydrogen-bond acceptors (Lipinski definition) is 6. The number of aromatic amines is 1. The zero-order chi connectivity index (χ0) is 28.9. The predicted octanol–water partition coefficient (Wildman–Crippen LogP) is 6.79. The number of fused-ring (bicyclic) bond motifs is 2. The van der Waals surface area contributed by atoms with E-state index in [1.807, 2.05) is 43.7 Å². The van der Waals surface area contributed by atoms with Crippen molar-refractivity contribution in [1.82, 2.24) is 24.6 Å². The first-order chi connectivity index (χ1) is 19.5. The van der Waals surface area contributed by atoms with E-state index in [0.717, 1.165) is 47.6 Å². The van der Waals surface area contributed by atoms with E-state index in [2.05, 4.69) is 4.98 Å². The SMILES string of the molecule is CC(Oc1ccc2c(c1)c(-c1nc3c([nH]1)CN(C(=O)OC(C)(C)C)C3)nn2C1CCCCO1)c1cc(F)cc(F)c1. The standard InChI is InChI=1S/C30H33F2N5O4/c1-17(18-11-19(31)13-20(32)12-18)40-21-8-9-25-22(14-21)27(35-37(25)26-7-5-6-10-39-26)28-33-23-15-36(16-24(23)34-28)29(38)41-30(2,3)4/h8-9,11-14,17,26H,5-7,10,15-16H2,1-4H3,(H,33,34). The molecule has 0 aliphatic carbocycles. The molecule has 0 radical (unpaired) electrons. The number of hydrogen-bond donors (Lipinski definition) is 1. The van der Waals surface area contributed by atoms with E-state index in [1.54, 1.807) is 11.8 Å². The average Bonchev–Trinajstić information content (AvgIpc) is 3.59. The summed E-state index contributed by atoms with van der Waals surface area (Å²) < 4.78 is 47.2. The lowest BCUT2D eigenvalue weighted by molar-refractivity contribution is -0.0365. The number of halogens is 2. The molecule has 216 valence electrons. The second kappa shape index (κ2) is 10.4. The fourth-order valence-electron chi connectivity index (χ4n) is 5.29. The van der Waals surface area contributed by atoms with Crippen LogP contribution in [0.4, 0.5) is 13.6 Å². The lowest BCUT2D eigenvalue weighted by Gasteiger charge is -2.24. The van der Waals surface area contributed by atoms with Crippen molar-refractivity contribution in [2.45, 2.75) is 78.0 Å². The summed E-state index contributed by atoms with van der Waals surface area (Å²) in [6, 6.07) is 8.97. The van der Waals surface area contributed by atoms with Gasteiger partial charge in [0.25, 0.3) is 0 Å². The van der Waals surface area contributed by atoms with Gasteiger partial charge in [-0.05, 0) is 82.9 Å². The van der Waals surface area contributed by atoms with Gasteiger partial charge in [-0.25, -0.2) is 23.2 Å². The van der Waals surface area contributed by atoms with Crippen LogP contribution in [0.1, 0.15) is 76.2 Å². The van der Waals surface area contributed by atoms with Crippen molar-refractivity contribution in [3.8, 4) is 17.3 Å². The van der Waals surface area contributed by atoms with Crippen LogP contribution in [0.3, 0.4) is 0 Å². The Bertz CT molecular complexity index is 1560. The van der Waals surface area contributed by atoms with Gasteiger partial charge in [0.2, 0.25) is 0 Å². The van der Waals surface area contributed by atoms with Crippen LogP contribution < -0.4 is 4.74 Å². The number of H-pyrrole nitrogens is 1. The van der Waals surface area contributed by atoms with Gasteiger partial charge in [-0.3, -0.25) is 4.90 Å². The summed E-state index contributed by atoms with van der Waals surface area (Å²) in [7, 11) is 0. The molecule has 2 aromatic heterocycles. The molecule has 2 unspecified atom stereocenters. The van der Waals surface area contributed by atoms with E-state index < -0.39 is 23.3 Å². The van der Waals surface area contributed by atoms with Crippen molar-refractivity contribution >= 4 is 17.0 Å². The molecule has 0 bridgehead atoms. The smallest absolute Gasteiger partial charge is 0.410 e. The summed E-state index contributed by atoms with van der Waals surface area (Å²) in [6.07, 6.45) is 1.71. The van der Waals surface area contributed by atoms with Crippen molar-refractivity contribution in [2.24, 2.45) is 0 Å². The molecule has 1 N–H and O–H groups in total. The van der Waals surface area contributed by atoms with Crippen molar-refractivity contribution in [3.05, 3.63) is 65.0 Å². The lowest BCUT2D eigenvalue weighted by atomic mass is 10.1. The van der Waals surface area contributed by atoms with Crippen LogP contribution in [-0.4, -0.2) is 42.9 Å². The summed E-state index contributed by atoms with van der Waals surface area (Å²) >= 11 is 0. The second-order valence-corrected chi connectivity index (χ2v) is 11.6. The minimum Gasteiger partial charge on any atom is -0.486 e. The first-order valence-corrected chi connectivity index (χ1v) is 13.9. The zero-order valence-electron chi connectivity index (χ0n) is 23.5. The average molecular weight is 566 g/mol. The van der Waals surface area contributed by atoms with Crippen LogP contribution >= 0.6 is 0 Å². The molecule has 0 spiro atoms. The van der Waals surface area contributed by atoms with Crippen LogP contribution in [0.5, 0.6) is 5.75 Å². The van der Waals surface area contributed by atoms with Gasteiger partial charge in [0.15, 0.2) is 12.1 Å². The molecule has 4 aromatic rings. The number of carbonyl (C=O) groups excluding carboxylic acids is 1. The van der Waals surface area contributed by atoms with Crippen LogP contribution in [-0.2, 0) is 22.6 Å². The minimum absolute atomic E-state index is 0.203. The molecule has 2 aromatic carbocycles. The quantitative estimate of drug-likeness (QED) is 0.286. The highest BCUT2D eigenvalue weighted by molar-refractivity contribution is 5.93. The third-order valence-corrected chi connectivity index (χ3v) is 7.20. The van der Waals surface area contributed by atoms with Crippen molar-refractivity contribution in [3.63, 3.8) is 0 Å². The van der Waals surface area contributed by atoms with E-state index >= 15 is 0 Å². The number of rotatable bonds is 5. The number of aromatic nitrogens is 4. The third-order valence-electron chi connectivity index (χ3n) is 7.20. The molecule has 0 saturated carbocycles.